The fraction of sp³-hybridized carbons (Fsp3) is 0.667. The van der Waals surface area contributed by atoms with E-state index in [-0.39, 0.29) is 5.54 Å². The highest BCUT2D eigenvalue weighted by molar-refractivity contribution is 5.51. The molecule has 0 atom stereocenters. The topological polar surface area (TPSA) is 55.9 Å². The van der Waals surface area contributed by atoms with Gasteiger partial charge in [0, 0.05) is 6.54 Å². The summed E-state index contributed by atoms with van der Waals surface area (Å²) in [6.07, 6.45) is 0. The number of nitrogen functional groups attached to an aromatic ring is 1. The van der Waals surface area contributed by atoms with Gasteiger partial charge in [-0.25, -0.2) is 0 Å². The second kappa shape index (κ2) is 2.48. The molecule has 0 bridgehead atoms. The maximum absolute atomic E-state index is 5.98. The summed E-state index contributed by atoms with van der Waals surface area (Å²) in [5.74, 6) is 0. The summed E-state index contributed by atoms with van der Waals surface area (Å²) in [5.41, 5.74) is 8.81. The minimum atomic E-state index is -0.0520. The fourth-order valence-electron chi connectivity index (χ4n) is 1.97. The van der Waals surface area contributed by atoms with Crippen LogP contribution in [0.3, 0.4) is 0 Å². The van der Waals surface area contributed by atoms with E-state index < -0.39 is 0 Å². The molecule has 0 saturated carbocycles. The van der Waals surface area contributed by atoms with Crippen molar-refractivity contribution in [1.29, 1.82) is 0 Å². The van der Waals surface area contributed by atoms with Gasteiger partial charge in [-0.05, 0) is 20.8 Å². The lowest BCUT2D eigenvalue weighted by molar-refractivity contribution is 0.312. The summed E-state index contributed by atoms with van der Waals surface area (Å²) in [6.45, 7) is 8.10. The number of nitrogens with two attached hydrogens (primary N) is 1. The van der Waals surface area contributed by atoms with Crippen molar-refractivity contribution in [1.82, 2.24) is 15.1 Å². The third kappa shape index (κ3) is 1.13. The van der Waals surface area contributed by atoms with Gasteiger partial charge in [-0.15, -0.1) is 0 Å². The molecule has 1 aliphatic rings. The van der Waals surface area contributed by atoms with Crippen LogP contribution in [0, 0.1) is 6.92 Å². The van der Waals surface area contributed by atoms with Gasteiger partial charge in [0.2, 0.25) is 0 Å². The molecule has 4 heteroatoms. The van der Waals surface area contributed by atoms with Crippen LogP contribution < -0.4 is 11.1 Å². The maximum Gasteiger partial charge on any atom is 0.0826 e. The largest absolute Gasteiger partial charge is 0.396 e. The van der Waals surface area contributed by atoms with E-state index in [0.29, 0.717) is 0 Å². The number of nitrogens with one attached hydrogen (secondary N) is 1. The average molecular weight is 180 g/mol. The summed E-state index contributed by atoms with van der Waals surface area (Å²) in [4.78, 5) is 0. The Kier molecular flexibility index (Phi) is 1.63. The van der Waals surface area contributed by atoms with Crippen LogP contribution in [0.1, 0.15) is 25.2 Å². The number of anilines is 1. The van der Waals surface area contributed by atoms with Gasteiger partial charge in [0.1, 0.15) is 0 Å². The molecule has 0 amide bonds. The van der Waals surface area contributed by atoms with Crippen molar-refractivity contribution in [3.05, 3.63) is 11.4 Å². The van der Waals surface area contributed by atoms with Crippen LogP contribution in [0.2, 0.25) is 0 Å². The number of nitrogens with zero attached hydrogens (tertiary/aromatic N) is 2. The molecule has 3 N–H and O–H groups in total. The van der Waals surface area contributed by atoms with Gasteiger partial charge in [0.15, 0.2) is 0 Å². The number of aryl methyl sites for hydroxylation is 1. The van der Waals surface area contributed by atoms with Crippen molar-refractivity contribution in [3.63, 3.8) is 0 Å². The van der Waals surface area contributed by atoms with E-state index in [9.17, 15) is 0 Å². The number of rotatable bonds is 0. The monoisotopic (exact) mass is 180 g/mol. The lowest BCUT2D eigenvalue weighted by Crippen LogP contribution is -2.45. The molecule has 72 valence electrons. The highest BCUT2D eigenvalue weighted by atomic mass is 15.3. The minimum Gasteiger partial charge on any atom is -0.396 e. The Balaban J connectivity index is 2.61. The Bertz CT molecular complexity index is 338. The zero-order valence-electron chi connectivity index (χ0n) is 8.39. The van der Waals surface area contributed by atoms with Crippen LogP contribution in [0.5, 0.6) is 0 Å². The van der Waals surface area contributed by atoms with E-state index in [1.807, 2.05) is 11.6 Å². The highest BCUT2D eigenvalue weighted by Gasteiger charge is 2.31. The summed E-state index contributed by atoms with van der Waals surface area (Å²) < 4.78 is 2.02. The number of fused-ring (bicyclic) bond motifs is 1. The molecule has 0 radical (unpaired) electrons. The van der Waals surface area contributed by atoms with Crippen LogP contribution in [-0.4, -0.2) is 16.3 Å². The molecule has 0 spiro atoms. The highest BCUT2D eigenvalue weighted by Crippen LogP contribution is 2.30. The van der Waals surface area contributed by atoms with E-state index in [2.05, 4.69) is 24.3 Å². The summed E-state index contributed by atoms with van der Waals surface area (Å²) in [5, 5.41) is 7.83. The van der Waals surface area contributed by atoms with Crippen LogP contribution in [-0.2, 0) is 12.1 Å². The fourth-order valence-corrected chi connectivity index (χ4v) is 1.97. The quantitative estimate of drug-likeness (QED) is 0.615. The summed E-state index contributed by atoms with van der Waals surface area (Å²) in [7, 11) is 0. The van der Waals surface area contributed by atoms with Gasteiger partial charge in [-0.3, -0.25) is 4.68 Å². The number of hydrogen-bond donors (Lipinski definition) is 2. The molecule has 13 heavy (non-hydrogen) atoms. The molecule has 1 aromatic heterocycles. The first-order chi connectivity index (χ1) is 6.02. The van der Waals surface area contributed by atoms with E-state index in [4.69, 9.17) is 5.73 Å². The second-order valence-electron chi connectivity index (χ2n) is 4.12. The molecule has 0 aliphatic carbocycles. The number of aromatic nitrogens is 2. The minimum absolute atomic E-state index is 0.0520. The first-order valence-electron chi connectivity index (χ1n) is 4.61. The van der Waals surface area contributed by atoms with Crippen LogP contribution in [0.25, 0.3) is 0 Å². The Labute approximate surface area is 78.1 Å². The maximum atomic E-state index is 5.98. The summed E-state index contributed by atoms with van der Waals surface area (Å²) >= 11 is 0. The predicted molar refractivity (Wildman–Crippen MR) is 52.4 cm³/mol. The molecular formula is C9H16N4. The predicted octanol–water partition coefficient (Wildman–Crippen LogP) is 0.612. The smallest absolute Gasteiger partial charge is 0.0826 e. The zero-order chi connectivity index (χ0) is 9.64. The Hall–Kier alpha value is -1.03. The van der Waals surface area contributed by atoms with E-state index in [1.54, 1.807) is 0 Å². The Morgan fingerprint density at radius 3 is 2.85 bits per heavy atom. The first kappa shape index (κ1) is 8.56. The molecule has 2 rings (SSSR count). The summed E-state index contributed by atoms with van der Waals surface area (Å²) in [6, 6.07) is 0. The van der Waals surface area contributed by atoms with Gasteiger partial charge in [0.05, 0.1) is 29.2 Å². The second-order valence-corrected chi connectivity index (χ2v) is 4.12. The van der Waals surface area contributed by atoms with Gasteiger partial charge >= 0.3 is 0 Å². The Morgan fingerprint density at radius 2 is 2.23 bits per heavy atom. The molecule has 1 aliphatic heterocycles. The molecule has 1 aromatic rings. The number of hydrogen-bond acceptors (Lipinski definition) is 3. The first-order valence-corrected chi connectivity index (χ1v) is 4.61. The lowest BCUT2D eigenvalue weighted by Gasteiger charge is -2.32. The van der Waals surface area contributed by atoms with E-state index in [1.165, 1.54) is 0 Å². The molecular weight excluding hydrogens is 164 g/mol. The molecule has 0 unspecified atom stereocenters. The zero-order valence-corrected chi connectivity index (χ0v) is 8.39. The average Bonchev–Trinajstić information content (AvgIpc) is 2.28. The van der Waals surface area contributed by atoms with Crippen molar-refractivity contribution in [2.75, 3.05) is 12.3 Å². The molecule has 0 saturated heterocycles. The molecule has 0 fully saturated rings. The Morgan fingerprint density at radius 1 is 1.54 bits per heavy atom. The van der Waals surface area contributed by atoms with Crippen LogP contribution in [0.15, 0.2) is 0 Å². The van der Waals surface area contributed by atoms with Gasteiger partial charge in [-0.1, -0.05) is 0 Å². The third-order valence-corrected chi connectivity index (χ3v) is 2.66. The van der Waals surface area contributed by atoms with Gasteiger partial charge in [0.25, 0.3) is 0 Å². The van der Waals surface area contributed by atoms with Crippen molar-refractivity contribution in [2.24, 2.45) is 0 Å². The van der Waals surface area contributed by atoms with Crippen LogP contribution in [0.4, 0.5) is 5.69 Å². The van der Waals surface area contributed by atoms with Gasteiger partial charge < -0.3 is 11.1 Å². The van der Waals surface area contributed by atoms with Gasteiger partial charge in [-0.2, -0.15) is 5.10 Å². The standard InChI is InChI=1S/C9H16N4/c1-6-7(10)8-9(2,3)11-4-5-13(8)12-6/h11H,4-5,10H2,1-3H3. The third-order valence-electron chi connectivity index (χ3n) is 2.66. The van der Waals surface area contributed by atoms with Crippen molar-refractivity contribution in [3.8, 4) is 0 Å². The lowest BCUT2D eigenvalue weighted by atomic mass is 9.97. The van der Waals surface area contributed by atoms with E-state index >= 15 is 0 Å². The van der Waals surface area contributed by atoms with Crippen molar-refractivity contribution >= 4 is 5.69 Å². The molecule has 4 nitrogen and oxygen atoms in total. The SMILES string of the molecule is Cc1nn2c(c1N)C(C)(C)NCC2. The molecule has 0 aromatic carbocycles. The van der Waals surface area contributed by atoms with Crippen molar-refractivity contribution < 1.29 is 0 Å². The van der Waals surface area contributed by atoms with Crippen molar-refractivity contribution in [2.45, 2.75) is 32.9 Å². The van der Waals surface area contributed by atoms with E-state index in [0.717, 1.165) is 30.2 Å². The normalized spacial score (nSPS) is 19.9. The molecule has 2 heterocycles. The van der Waals surface area contributed by atoms with Crippen LogP contribution >= 0.6 is 0 Å².